The van der Waals surface area contributed by atoms with Crippen LogP contribution in [0.5, 0.6) is 11.5 Å². The van der Waals surface area contributed by atoms with Crippen LogP contribution in [-0.2, 0) is 6.61 Å². The lowest BCUT2D eigenvalue weighted by Crippen LogP contribution is -1.98. The van der Waals surface area contributed by atoms with Crippen molar-refractivity contribution in [2.75, 3.05) is 7.11 Å². The number of methoxy groups -OCH3 is 1. The predicted molar refractivity (Wildman–Crippen MR) is 107 cm³/mol. The van der Waals surface area contributed by atoms with Gasteiger partial charge < -0.3 is 9.47 Å². The van der Waals surface area contributed by atoms with Crippen LogP contribution in [-0.4, -0.2) is 13.3 Å². The third-order valence-corrected chi connectivity index (χ3v) is 4.35. The van der Waals surface area contributed by atoms with Gasteiger partial charge in [-0.3, -0.25) is 4.99 Å². The minimum Gasteiger partial charge on any atom is -0.493 e. The molecule has 0 radical (unpaired) electrons. The molecule has 0 fully saturated rings. The van der Waals surface area contributed by atoms with Gasteiger partial charge in [0, 0.05) is 6.21 Å². The second-order valence-electron chi connectivity index (χ2n) is 6.35. The molecular formula is C23H22FNO2. The van der Waals surface area contributed by atoms with Gasteiger partial charge >= 0.3 is 0 Å². The first kappa shape index (κ1) is 18.6. The van der Waals surface area contributed by atoms with E-state index < -0.39 is 0 Å². The van der Waals surface area contributed by atoms with Crippen molar-refractivity contribution < 1.29 is 13.9 Å². The van der Waals surface area contributed by atoms with Gasteiger partial charge in [0.25, 0.3) is 0 Å². The van der Waals surface area contributed by atoms with Crippen molar-refractivity contribution >= 4 is 11.9 Å². The number of nitrogens with zero attached hydrogens (tertiary/aromatic N) is 1. The maximum absolute atomic E-state index is 13.0. The van der Waals surface area contributed by atoms with Crippen LogP contribution in [0.15, 0.2) is 65.7 Å². The Balaban J connectivity index is 1.72. The molecule has 0 spiro atoms. The van der Waals surface area contributed by atoms with Crippen molar-refractivity contribution in [3.8, 4) is 11.5 Å². The lowest BCUT2D eigenvalue weighted by molar-refractivity contribution is 0.284. The first-order valence-electron chi connectivity index (χ1n) is 8.72. The van der Waals surface area contributed by atoms with Crippen molar-refractivity contribution in [2.45, 2.75) is 20.5 Å². The Morgan fingerprint density at radius 1 is 0.889 bits per heavy atom. The maximum Gasteiger partial charge on any atom is 0.161 e. The van der Waals surface area contributed by atoms with E-state index in [9.17, 15) is 4.39 Å². The van der Waals surface area contributed by atoms with Gasteiger partial charge in [-0.05, 0) is 78.6 Å². The van der Waals surface area contributed by atoms with Crippen LogP contribution < -0.4 is 9.47 Å². The van der Waals surface area contributed by atoms with Gasteiger partial charge in [0.05, 0.1) is 12.8 Å². The summed E-state index contributed by atoms with van der Waals surface area (Å²) >= 11 is 0. The summed E-state index contributed by atoms with van der Waals surface area (Å²) in [6.45, 7) is 4.50. The molecule has 3 rings (SSSR count). The summed E-state index contributed by atoms with van der Waals surface area (Å²) in [7, 11) is 1.60. The molecule has 4 heteroatoms. The maximum atomic E-state index is 13.0. The smallest absolute Gasteiger partial charge is 0.161 e. The van der Waals surface area contributed by atoms with E-state index in [4.69, 9.17) is 9.47 Å². The summed E-state index contributed by atoms with van der Waals surface area (Å²) in [5.41, 5.74) is 5.18. The van der Waals surface area contributed by atoms with E-state index in [1.807, 2.05) is 24.3 Å². The molecule has 0 aromatic heterocycles. The van der Waals surface area contributed by atoms with Crippen molar-refractivity contribution in [3.05, 3.63) is 88.7 Å². The van der Waals surface area contributed by atoms with Crippen LogP contribution in [0.3, 0.4) is 0 Å². The number of benzene rings is 3. The van der Waals surface area contributed by atoms with E-state index in [0.717, 1.165) is 16.8 Å². The van der Waals surface area contributed by atoms with Gasteiger partial charge in [-0.15, -0.1) is 0 Å². The molecule has 0 bridgehead atoms. The Labute approximate surface area is 159 Å². The van der Waals surface area contributed by atoms with Gasteiger partial charge in [-0.1, -0.05) is 18.2 Å². The van der Waals surface area contributed by atoms with Crippen LogP contribution in [0, 0.1) is 19.7 Å². The number of hydrogen-bond acceptors (Lipinski definition) is 3. The molecule has 0 N–H and O–H groups in total. The minimum absolute atomic E-state index is 0.260. The zero-order valence-corrected chi connectivity index (χ0v) is 15.7. The highest BCUT2D eigenvalue weighted by Gasteiger charge is 2.06. The molecule has 0 amide bonds. The monoisotopic (exact) mass is 363 g/mol. The highest BCUT2D eigenvalue weighted by Crippen LogP contribution is 2.28. The van der Waals surface area contributed by atoms with Crippen LogP contribution in [0.2, 0.25) is 0 Å². The fraction of sp³-hybridized carbons (Fsp3) is 0.174. The van der Waals surface area contributed by atoms with E-state index in [1.165, 1.54) is 23.3 Å². The van der Waals surface area contributed by atoms with E-state index in [0.29, 0.717) is 18.1 Å². The van der Waals surface area contributed by atoms with Crippen molar-refractivity contribution in [3.63, 3.8) is 0 Å². The van der Waals surface area contributed by atoms with Crippen LogP contribution >= 0.6 is 0 Å². The number of aryl methyl sites for hydroxylation is 2. The predicted octanol–water partition coefficient (Wildman–Crippen LogP) is 5.78. The third-order valence-electron chi connectivity index (χ3n) is 4.35. The van der Waals surface area contributed by atoms with Crippen molar-refractivity contribution in [2.24, 2.45) is 4.99 Å². The molecule has 0 unspecified atom stereocenters. The Hall–Kier alpha value is -3.14. The second-order valence-corrected chi connectivity index (χ2v) is 6.35. The Morgan fingerprint density at radius 3 is 2.37 bits per heavy atom. The number of aliphatic imine (C=N–C) groups is 1. The van der Waals surface area contributed by atoms with Crippen molar-refractivity contribution in [1.82, 2.24) is 0 Å². The third kappa shape index (κ3) is 4.94. The van der Waals surface area contributed by atoms with E-state index >= 15 is 0 Å². The summed E-state index contributed by atoms with van der Waals surface area (Å²) < 4.78 is 24.2. The zero-order chi connectivity index (χ0) is 19.2. The average molecular weight is 363 g/mol. The quantitative estimate of drug-likeness (QED) is 0.520. The molecule has 0 heterocycles. The molecule has 0 aliphatic carbocycles. The lowest BCUT2D eigenvalue weighted by atomic mass is 10.1. The summed E-state index contributed by atoms with van der Waals surface area (Å²) in [6.07, 6.45) is 1.80. The van der Waals surface area contributed by atoms with Gasteiger partial charge in [0.2, 0.25) is 0 Å². The van der Waals surface area contributed by atoms with Gasteiger partial charge in [-0.25, -0.2) is 4.39 Å². The molecule has 0 aliphatic heterocycles. The largest absolute Gasteiger partial charge is 0.493 e. The SMILES string of the molecule is COc1cc(C=Nc2ccc(C)c(C)c2)ccc1OCc1ccc(F)cc1. The first-order chi connectivity index (χ1) is 13.0. The fourth-order valence-electron chi connectivity index (χ4n) is 2.58. The first-order valence-corrected chi connectivity index (χ1v) is 8.72. The van der Waals surface area contributed by atoms with E-state index in [2.05, 4.69) is 31.0 Å². The summed E-state index contributed by atoms with van der Waals surface area (Å²) in [6, 6.07) is 18.0. The molecule has 3 nitrogen and oxygen atoms in total. The summed E-state index contributed by atoms with van der Waals surface area (Å²) in [5, 5.41) is 0. The second kappa shape index (κ2) is 8.49. The van der Waals surface area contributed by atoms with Gasteiger partial charge in [-0.2, -0.15) is 0 Å². The normalized spacial score (nSPS) is 11.0. The Kier molecular flexibility index (Phi) is 5.87. The van der Waals surface area contributed by atoms with Gasteiger partial charge in [0.1, 0.15) is 12.4 Å². The highest BCUT2D eigenvalue weighted by molar-refractivity contribution is 5.83. The topological polar surface area (TPSA) is 30.8 Å². The Morgan fingerprint density at radius 2 is 1.67 bits per heavy atom. The summed E-state index contributed by atoms with van der Waals surface area (Å²) in [4.78, 5) is 4.53. The van der Waals surface area contributed by atoms with Gasteiger partial charge in [0.15, 0.2) is 11.5 Å². The molecule has 3 aromatic rings. The number of hydrogen-bond donors (Lipinski definition) is 0. The highest BCUT2D eigenvalue weighted by atomic mass is 19.1. The number of ether oxygens (including phenoxy) is 2. The van der Waals surface area contributed by atoms with E-state index in [-0.39, 0.29) is 5.82 Å². The summed E-state index contributed by atoms with van der Waals surface area (Å²) in [5.74, 6) is 0.995. The Bertz CT molecular complexity index is 949. The molecule has 3 aromatic carbocycles. The van der Waals surface area contributed by atoms with Crippen molar-refractivity contribution in [1.29, 1.82) is 0 Å². The average Bonchev–Trinajstić information content (AvgIpc) is 2.68. The molecular weight excluding hydrogens is 341 g/mol. The molecule has 0 saturated carbocycles. The molecule has 0 atom stereocenters. The lowest BCUT2D eigenvalue weighted by Gasteiger charge is -2.11. The van der Waals surface area contributed by atoms with E-state index in [1.54, 1.807) is 25.5 Å². The number of halogens is 1. The fourth-order valence-corrected chi connectivity index (χ4v) is 2.58. The standard InChI is InChI=1S/C23H22FNO2/c1-16-4-10-21(12-17(16)2)25-14-19-7-11-22(23(13-19)26-3)27-15-18-5-8-20(24)9-6-18/h4-14H,15H2,1-3H3. The molecule has 27 heavy (non-hydrogen) atoms. The minimum atomic E-state index is -0.260. The molecule has 0 aliphatic rings. The number of rotatable bonds is 6. The van der Waals surface area contributed by atoms with Crippen LogP contribution in [0.25, 0.3) is 0 Å². The molecule has 138 valence electrons. The van der Waals surface area contributed by atoms with Crippen LogP contribution in [0.4, 0.5) is 10.1 Å². The molecule has 0 saturated heterocycles. The van der Waals surface area contributed by atoms with Crippen LogP contribution in [0.1, 0.15) is 22.3 Å². The zero-order valence-electron chi connectivity index (χ0n) is 15.7.